The van der Waals surface area contributed by atoms with Crippen LogP contribution in [0.2, 0.25) is 0 Å². The number of allylic oxidation sites excluding steroid dienone is 2. The molecule has 2 atom stereocenters. The molecule has 7 heteroatoms. The van der Waals surface area contributed by atoms with Crippen LogP contribution >= 0.6 is 0 Å². The van der Waals surface area contributed by atoms with E-state index >= 15 is 0 Å². The Balaban J connectivity index is 3.39. The maximum Gasteiger partial charge on any atom is 0.152 e. The van der Waals surface area contributed by atoms with Crippen molar-refractivity contribution in [1.29, 1.82) is 10.5 Å². The number of nitrogens with zero attached hydrogens (tertiary/aromatic N) is 3. The van der Waals surface area contributed by atoms with Crippen molar-refractivity contribution in [2.45, 2.75) is 33.0 Å². The molecule has 0 aliphatic carbocycles. The summed E-state index contributed by atoms with van der Waals surface area (Å²) in [4.78, 5) is 25.2. The summed E-state index contributed by atoms with van der Waals surface area (Å²) in [5.41, 5.74) is 0.194. The van der Waals surface area contributed by atoms with Crippen LogP contribution in [-0.4, -0.2) is 42.4 Å². The first-order valence-electron chi connectivity index (χ1n) is 6.54. The molecule has 1 rings (SSSR count). The van der Waals surface area contributed by atoms with Crippen molar-refractivity contribution in [2.75, 3.05) is 13.7 Å². The molecule has 7 nitrogen and oxygen atoms in total. The molecule has 112 valence electrons. The monoisotopic (exact) mass is 290 g/mol. The van der Waals surface area contributed by atoms with Crippen LogP contribution in [0.4, 0.5) is 0 Å². The van der Waals surface area contributed by atoms with Gasteiger partial charge in [0.05, 0.1) is 6.04 Å². The van der Waals surface area contributed by atoms with Crippen LogP contribution in [0.3, 0.4) is 0 Å². The van der Waals surface area contributed by atoms with E-state index in [1.807, 2.05) is 12.1 Å². The summed E-state index contributed by atoms with van der Waals surface area (Å²) in [6, 6.07) is 3.15. The first-order valence-corrected chi connectivity index (χ1v) is 6.54. The molecule has 0 spiro atoms. The van der Waals surface area contributed by atoms with Gasteiger partial charge in [-0.2, -0.15) is 10.5 Å². The fraction of sp³-hybridized carbons (Fsp3) is 0.571. The standard InChI is InChI=1S/C14H18N4O3/c1-5-18-11(7-16)10(6-15)17-13(14(18)21-4)12(8(2)19)9(3)20/h12-14,17H,5H2,1-4H3/t13-,14-/m1/s1. The number of Topliss-reactive ketones (excluding diaryl/α,β-unsaturated/α-hetero) is 2. The van der Waals surface area contributed by atoms with Crippen LogP contribution in [0.5, 0.6) is 0 Å². The minimum atomic E-state index is -0.937. The third-order valence-electron chi connectivity index (χ3n) is 3.48. The molecule has 0 unspecified atom stereocenters. The number of likely N-dealkylation sites (N-methyl/N-ethyl adjacent to an activating group) is 1. The number of nitriles is 2. The lowest BCUT2D eigenvalue weighted by atomic mass is 9.88. The van der Waals surface area contributed by atoms with Crippen molar-refractivity contribution in [3.8, 4) is 12.1 Å². The van der Waals surface area contributed by atoms with E-state index in [-0.39, 0.29) is 23.0 Å². The second kappa shape index (κ2) is 6.87. The van der Waals surface area contributed by atoms with Gasteiger partial charge < -0.3 is 15.0 Å². The molecule has 0 fully saturated rings. The fourth-order valence-electron chi connectivity index (χ4n) is 2.63. The molecule has 21 heavy (non-hydrogen) atoms. The van der Waals surface area contributed by atoms with Gasteiger partial charge in [0.1, 0.15) is 35.3 Å². The maximum absolute atomic E-state index is 11.8. The van der Waals surface area contributed by atoms with Crippen molar-refractivity contribution in [1.82, 2.24) is 10.2 Å². The van der Waals surface area contributed by atoms with Gasteiger partial charge in [0.25, 0.3) is 0 Å². The number of methoxy groups -OCH3 is 1. The zero-order chi connectivity index (χ0) is 16.2. The highest BCUT2D eigenvalue weighted by atomic mass is 16.5. The van der Waals surface area contributed by atoms with Crippen LogP contribution < -0.4 is 5.32 Å². The molecule has 0 amide bonds. The first kappa shape index (κ1) is 16.7. The van der Waals surface area contributed by atoms with Crippen molar-refractivity contribution < 1.29 is 14.3 Å². The molecule has 1 aliphatic heterocycles. The van der Waals surface area contributed by atoms with Gasteiger partial charge in [0.2, 0.25) is 0 Å². The lowest BCUT2D eigenvalue weighted by Crippen LogP contribution is -2.60. The predicted molar refractivity (Wildman–Crippen MR) is 73.2 cm³/mol. The summed E-state index contributed by atoms with van der Waals surface area (Å²) in [7, 11) is 1.44. The lowest BCUT2D eigenvalue weighted by Gasteiger charge is -2.42. The van der Waals surface area contributed by atoms with E-state index in [2.05, 4.69) is 5.32 Å². The van der Waals surface area contributed by atoms with E-state index in [1.165, 1.54) is 21.0 Å². The van der Waals surface area contributed by atoms with Crippen molar-refractivity contribution >= 4 is 11.6 Å². The second-order valence-corrected chi connectivity index (χ2v) is 4.73. The molecule has 1 heterocycles. The summed E-state index contributed by atoms with van der Waals surface area (Å²) in [5, 5.41) is 21.2. The molecular formula is C14H18N4O3. The Kier molecular flexibility index (Phi) is 5.45. The Morgan fingerprint density at radius 1 is 1.33 bits per heavy atom. The Labute approximate surface area is 123 Å². The van der Waals surface area contributed by atoms with Crippen LogP contribution in [0.1, 0.15) is 20.8 Å². The normalized spacial score (nSPS) is 21.6. The molecule has 0 saturated carbocycles. The summed E-state index contributed by atoms with van der Waals surface area (Å²) < 4.78 is 5.38. The van der Waals surface area contributed by atoms with Crippen molar-refractivity contribution in [3.05, 3.63) is 11.4 Å². The van der Waals surface area contributed by atoms with Crippen LogP contribution in [-0.2, 0) is 14.3 Å². The van der Waals surface area contributed by atoms with E-state index < -0.39 is 18.2 Å². The van der Waals surface area contributed by atoms with Gasteiger partial charge in [-0.1, -0.05) is 0 Å². The smallest absolute Gasteiger partial charge is 0.152 e. The van der Waals surface area contributed by atoms with E-state index in [4.69, 9.17) is 4.74 Å². The van der Waals surface area contributed by atoms with Gasteiger partial charge in [-0.25, -0.2) is 0 Å². The van der Waals surface area contributed by atoms with E-state index in [0.29, 0.717) is 6.54 Å². The minimum absolute atomic E-state index is 0.0464. The van der Waals surface area contributed by atoms with Gasteiger partial charge in [0, 0.05) is 13.7 Å². The number of hydrogen-bond donors (Lipinski definition) is 1. The fourth-order valence-corrected chi connectivity index (χ4v) is 2.63. The largest absolute Gasteiger partial charge is 0.366 e. The number of rotatable bonds is 5. The van der Waals surface area contributed by atoms with Crippen LogP contribution in [0.15, 0.2) is 11.4 Å². The minimum Gasteiger partial charge on any atom is -0.366 e. The summed E-state index contributed by atoms with van der Waals surface area (Å²) in [6.45, 7) is 4.86. The van der Waals surface area contributed by atoms with Crippen LogP contribution in [0.25, 0.3) is 0 Å². The Bertz CT molecular complexity index is 542. The quantitative estimate of drug-likeness (QED) is 0.726. The average Bonchev–Trinajstić information content (AvgIpc) is 2.44. The summed E-state index contributed by atoms with van der Waals surface area (Å²) in [6.07, 6.45) is -0.681. The van der Waals surface area contributed by atoms with E-state index in [9.17, 15) is 20.1 Å². The SMILES string of the molecule is CCN1C(C#N)=C(C#N)N[C@H](C(C(C)=O)C(C)=O)[C@H]1OC. The third kappa shape index (κ3) is 3.04. The van der Waals surface area contributed by atoms with Gasteiger partial charge in [-0.05, 0) is 20.8 Å². The number of hydrogen-bond acceptors (Lipinski definition) is 7. The van der Waals surface area contributed by atoms with Gasteiger partial charge >= 0.3 is 0 Å². The Morgan fingerprint density at radius 3 is 2.24 bits per heavy atom. The van der Waals surface area contributed by atoms with Crippen molar-refractivity contribution in [2.24, 2.45) is 5.92 Å². The van der Waals surface area contributed by atoms with Gasteiger partial charge in [0.15, 0.2) is 11.9 Å². The third-order valence-corrected chi connectivity index (χ3v) is 3.48. The zero-order valence-electron chi connectivity index (χ0n) is 12.5. The first-order chi connectivity index (χ1) is 9.92. The molecule has 0 saturated heterocycles. The molecule has 0 bridgehead atoms. The average molecular weight is 290 g/mol. The number of carbonyl (C=O) groups excluding carboxylic acids is 2. The van der Waals surface area contributed by atoms with Gasteiger partial charge in [-0.15, -0.1) is 0 Å². The number of carbonyl (C=O) groups is 2. The maximum atomic E-state index is 11.8. The summed E-state index contributed by atoms with van der Waals surface area (Å²) in [5.74, 6) is -1.56. The predicted octanol–water partition coefficient (Wildman–Crippen LogP) is 0.306. The van der Waals surface area contributed by atoms with Crippen LogP contribution in [0, 0.1) is 28.6 Å². The number of ketones is 2. The molecule has 1 aliphatic rings. The number of ether oxygens (including phenoxy) is 1. The molecular weight excluding hydrogens is 272 g/mol. The molecule has 0 radical (unpaired) electrons. The second-order valence-electron chi connectivity index (χ2n) is 4.73. The van der Waals surface area contributed by atoms with Crippen molar-refractivity contribution in [3.63, 3.8) is 0 Å². The van der Waals surface area contributed by atoms with E-state index in [0.717, 1.165) is 0 Å². The topological polar surface area (TPSA) is 106 Å². The molecule has 1 N–H and O–H groups in total. The Morgan fingerprint density at radius 2 is 1.90 bits per heavy atom. The molecule has 0 aromatic rings. The lowest BCUT2D eigenvalue weighted by molar-refractivity contribution is -0.136. The van der Waals surface area contributed by atoms with E-state index in [1.54, 1.807) is 11.8 Å². The molecule has 0 aromatic heterocycles. The summed E-state index contributed by atoms with van der Waals surface area (Å²) >= 11 is 0. The Hall–Kier alpha value is -2.38. The highest BCUT2D eigenvalue weighted by Crippen LogP contribution is 2.26. The zero-order valence-corrected chi connectivity index (χ0v) is 12.5. The highest BCUT2D eigenvalue weighted by Gasteiger charge is 2.43. The van der Waals surface area contributed by atoms with Gasteiger partial charge in [-0.3, -0.25) is 9.59 Å². The highest BCUT2D eigenvalue weighted by molar-refractivity contribution is 6.01. The molecule has 0 aromatic carbocycles. The number of nitrogens with one attached hydrogen (secondary N) is 1.